The van der Waals surface area contributed by atoms with Gasteiger partial charge in [0.2, 0.25) is 11.2 Å². The van der Waals surface area contributed by atoms with E-state index in [4.69, 9.17) is 9.68 Å². The van der Waals surface area contributed by atoms with Crippen LogP contribution in [0.15, 0.2) is 69.9 Å². The maximum absolute atomic E-state index is 12.5. The summed E-state index contributed by atoms with van der Waals surface area (Å²) in [5.41, 5.74) is 2.43. The Morgan fingerprint density at radius 2 is 1.73 bits per heavy atom. The molecule has 4 heteroatoms. The molecule has 0 aliphatic heterocycles. The third kappa shape index (κ3) is 1.66. The molecule has 0 aliphatic rings. The second-order valence-electron chi connectivity index (χ2n) is 4.95. The molecule has 0 spiro atoms. The third-order valence-electron chi connectivity index (χ3n) is 3.66. The molecule has 4 rings (SSSR count). The Kier molecular flexibility index (Phi) is 2.60. The Bertz CT molecular complexity index is 1100. The number of rotatable bonds is 1. The number of aromatic nitrogens is 1. The highest BCUT2D eigenvalue weighted by Crippen LogP contribution is 2.30. The van der Waals surface area contributed by atoms with Gasteiger partial charge in [-0.25, -0.2) is 0 Å². The van der Waals surface area contributed by atoms with Crippen LogP contribution < -0.4 is 5.43 Å². The minimum Gasteiger partial charge on any atom is -0.443 e. The van der Waals surface area contributed by atoms with Crippen LogP contribution >= 0.6 is 0 Å². The average Bonchev–Trinajstić information content (AvgIpc) is 2.91. The van der Waals surface area contributed by atoms with Crippen molar-refractivity contribution in [3.63, 3.8) is 0 Å². The molecule has 2 aromatic carbocycles. The first-order valence-electron chi connectivity index (χ1n) is 6.82. The minimum absolute atomic E-state index is 0.0217. The summed E-state index contributed by atoms with van der Waals surface area (Å²) in [6.45, 7) is 0. The van der Waals surface area contributed by atoms with E-state index in [0.29, 0.717) is 11.1 Å². The van der Waals surface area contributed by atoms with Gasteiger partial charge in [-0.15, -0.1) is 0 Å². The first-order valence-corrected chi connectivity index (χ1v) is 6.82. The lowest BCUT2D eigenvalue weighted by Crippen LogP contribution is -2.06. The topological polar surface area (TPSA) is 58.9 Å². The van der Waals surface area contributed by atoms with Gasteiger partial charge in [-0.2, -0.15) is 5.26 Å². The lowest BCUT2D eigenvalue weighted by Gasteiger charge is -2.05. The van der Waals surface area contributed by atoms with Gasteiger partial charge < -0.3 is 8.98 Å². The number of fused-ring (bicyclic) bond motifs is 3. The zero-order valence-corrected chi connectivity index (χ0v) is 11.5. The molecule has 4 nitrogen and oxygen atoms in total. The maximum Gasteiger partial charge on any atom is 0.210 e. The van der Waals surface area contributed by atoms with Gasteiger partial charge in [-0.1, -0.05) is 30.3 Å². The number of benzene rings is 2. The fraction of sp³-hybridized carbons (Fsp3) is 0. The largest absolute Gasteiger partial charge is 0.443 e. The van der Waals surface area contributed by atoms with E-state index in [-0.39, 0.29) is 11.2 Å². The molecule has 0 atom stereocenters. The summed E-state index contributed by atoms with van der Waals surface area (Å²) in [4.78, 5) is 12.5. The van der Waals surface area contributed by atoms with Crippen molar-refractivity contribution in [2.75, 3.05) is 0 Å². The third-order valence-corrected chi connectivity index (χ3v) is 3.66. The monoisotopic (exact) mass is 286 g/mol. The molecular weight excluding hydrogens is 276 g/mol. The number of para-hydroxylation sites is 2. The molecular formula is C18H10N2O2. The van der Waals surface area contributed by atoms with Gasteiger partial charge in [0.15, 0.2) is 5.58 Å². The van der Waals surface area contributed by atoms with Gasteiger partial charge in [0, 0.05) is 17.1 Å². The van der Waals surface area contributed by atoms with Crippen molar-refractivity contribution < 1.29 is 4.42 Å². The average molecular weight is 286 g/mol. The molecule has 0 saturated heterocycles. The van der Waals surface area contributed by atoms with Crippen molar-refractivity contribution in [3.8, 4) is 11.8 Å². The Labute approximate surface area is 125 Å². The molecule has 0 fully saturated rings. The molecule has 0 radical (unpaired) electrons. The lowest BCUT2D eigenvalue weighted by atomic mass is 10.2. The summed E-state index contributed by atoms with van der Waals surface area (Å²) in [7, 11) is 0. The predicted octanol–water partition coefficient (Wildman–Crippen LogP) is 3.61. The van der Waals surface area contributed by atoms with Gasteiger partial charge in [0.25, 0.3) is 0 Å². The highest BCUT2D eigenvalue weighted by Gasteiger charge is 2.17. The van der Waals surface area contributed by atoms with Crippen molar-refractivity contribution in [1.29, 1.82) is 5.26 Å². The van der Waals surface area contributed by atoms with Crippen LogP contribution in [0.1, 0.15) is 5.76 Å². The second-order valence-corrected chi connectivity index (χ2v) is 4.95. The molecule has 0 N–H and O–H groups in total. The van der Waals surface area contributed by atoms with E-state index in [0.717, 1.165) is 16.6 Å². The van der Waals surface area contributed by atoms with Crippen LogP contribution in [-0.2, 0) is 0 Å². The summed E-state index contributed by atoms with van der Waals surface area (Å²) in [5, 5.41) is 9.84. The van der Waals surface area contributed by atoms with Crippen LogP contribution in [0.5, 0.6) is 0 Å². The van der Waals surface area contributed by atoms with Crippen molar-refractivity contribution in [2.24, 2.45) is 0 Å². The van der Waals surface area contributed by atoms with Crippen LogP contribution in [0.3, 0.4) is 0 Å². The molecule has 2 heterocycles. The molecule has 0 saturated carbocycles. The number of hydrogen-bond acceptors (Lipinski definition) is 3. The first kappa shape index (κ1) is 12.4. The fourth-order valence-corrected chi connectivity index (χ4v) is 2.76. The van der Waals surface area contributed by atoms with Gasteiger partial charge in [0.05, 0.1) is 5.52 Å². The molecule has 2 aromatic heterocycles. The molecule has 0 amide bonds. The maximum atomic E-state index is 12.5. The molecule has 0 bridgehead atoms. The summed E-state index contributed by atoms with van der Waals surface area (Å²) in [5.74, 6) is 0.0217. The second kappa shape index (κ2) is 4.61. The number of nitrogens with zero attached hydrogens (tertiary/aromatic N) is 2. The van der Waals surface area contributed by atoms with E-state index in [9.17, 15) is 4.79 Å². The Hall–Kier alpha value is -3.32. The fourth-order valence-electron chi connectivity index (χ4n) is 2.76. The summed E-state index contributed by atoms with van der Waals surface area (Å²) < 4.78 is 7.50. The van der Waals surface area contributed by atoms with E-state index >= 15 is 0 Å². The van der Waals surface area contributed by atoms with Crippen molar-refractivity contribution in [2.45, 2.75) is 0 Å². The van der Waals surface area contributed by atoms with Crippen LogP contribution in [0, 0.1) is 11.3 Å². The Morgan fingerprint density at radius 1 is 1.00 bits per heavy atom. The van der Waals surface area contributed by atoms with E-state index in [2.05, 4.69) is 0 Å². The van der Waals surface area contributed by atoms with Crippen LogP contribution in [0.4, 0.5) is 0 Å². The standard InChI is InChI=1S/C18H10N2O2/c19-11-13-10-16(21)17-18(22-13)14-8-4-5-9-15(14)20(17)12-6-2-1-3-7-12/h1-10H. The van der Waals surface area contributed by atoms with Crippen LogP contribution in [0.25, 0.3) is 27.7 Å². The van der Waals surface area contributed by atoms with Gasteiger partial charge >= 0.3 is 0 Å². The minimum atomic E-state index is -0.224. The zero-order chi connectivity index (χ0) is 15.1. The van der Waals surface area contributed by atoms with Crippen molar-refractivity contribution >= 4 is 22.0 Å². The molecule has 0 aliphatic carbocycles. The predicted molar refractivity (Wildman–Crippen MR) is 84.0 cm³/mol. The van der Waals surface area contributed by atoms with E-state index in [1.807, 2.05) is 65.2 Å². The Morgan fingerprint density at radius 3 is 2.50 bits per heavy atom. The van der Waals surface area contributed by atoms with E-state index < -0.39 is 0 Å². The quantitative estimate of drug-likeness (QED) is 0.537. The number of hydrogen-bond donors (Lipinski definition) is 0. The number of nitriles is 1. The molecule has 104 valence electrons. The highest BCUT2D eigenvalue weighted by atomic mass is 16.3. The molecule has 22 heavy (non-hydrogen) atoms. The summed E-state index contributed by atoms with van der Waals surface area (Å²) in [6, 6.07) is 20.4. The first-order chi connectivity index (χ1) is 10.8. The van der Waals surface area contributed by atoms with E-state index in [1.165, 1.54) is 6.07 Å². The van der Waals surface area contributed by atoms with Gasteiger partial charge in [0.1, 0.15) is 11.6 Å². The summed E-state index contributed by atoms with van der Waals surface area (Å²) in [6.07, 6.45) is 0. The van der Waals surface area contributed by atoms with Crippen LogP contribution in [-0.4, -0.2) is 4.57 Å². The summed E-state index contributed by atoms with van der Waals surface area (Å²) >= 11 is 0. The molecule has 4 aromatic rings. The normalized spacial score (nSPS) is 10.9. The van der Waals surface area contributed by atoms with Gasteiger partial charge in [-0.3, -0.25) is 4.79 Å². The Balaban J connectivity index is 2.29. The zero-order valence-electron chi connectivity index (χ0n) is 11.5. The lowest BCUT2D eigenvalue weighted by molar-refractivity contribution is 0.588. The molecule has 0 unspecified atom stereocenters. The van der Waals surface area contributed by atoms with Crippen molar-refractivity contribution in [1.82, 2.24) is 4.57 Å². The van der Waals surface area contributed by atoms with Gasteiger partial charge in [-0.05, 0) is 24.3 Å². The smallest absolute Gasteiger partial charge is 0.210 e. The van der Waals surface area contributed by atoms with Crippen LogP contribution in [0.2, 0.25) is 0 Å². The van der Waals surface area contributed by atoms with Crippen molar-refractivity contribution in [3.05, 3.63) is 76.6 Å². The van der Waals surface area contributed by atoms with E-state index in [1.54, 1.807) is 0 Å². The SMILES string of the molecule is N#Cc1cc(=O)c2c(o1)c1ccccc1n2-c1ccccc1. The highest BCUT2D eigenvalue weighted by molar-refractivity contribution is 6.05.